The first kappa shape index (κ1) is 13.2. The highest BCUT2D eigenvalue weighted by Gasteiger charge is 2.10. The van der Waals surface area contributed by atoms with Gasteiger partial charge in [-0.25, -0.2) is 0 Å². The van der Waals surface area contributed by atoms with E-state index in [2.05, 4.69) is 51.2 Å². The Balaban J connectivity index is 2.57. The lowest BCUT2D eigenvalue weighted by Gasteiger charge is -2.20. The first-order valence-electron chi connectivity index (χ1n) is 5.95. The van der Waals surface area contributed by atoms with Gasteiger partial charge in [0.1, 0.15) is 0 Å². The number of nitrogens with one attached hydrogen (secondary N) is 1. The number of aliphatic hydroxyl groups is 1. The molecule has 0 unspecified atom stereocenters. The van der Waals surface area contributed by atoms with Crippen molar-refractivity contribution < 1.29 is 5.11 Å². The van der Waals surface area contributed by atoms with Gasteiger partial charge in [-0.3, -0.25) is 0 Å². The van der Waals surface area contributed by atoms with Gasteiger partial charge in [-0.05, 0) is 36.5 Å². The van der Waals surface area contributed by atoms with Gasteiger partial charge in [-0.2, -0.15) is 0 Å². The summed E-state index contributed by atoms with van der Waals surface area (Å²) in [6.07, 6.45) is 0. The summed E-state index contributed by atoms with van der Waals surface area (Å²) in [5.74, 6) is 0.455. The number of aryl methyl sites for hydroxylation is 2. The van der Waals surface area contributed by atoms with E-state index in [1.807, 2.05) is 0 Å². The third-order valence-corrected chi connectivity index (χ3v) is 3.14. The molecular weight excluding hydrogens is 198 g/mol. The maximum atomic E-state index is 9.21. The van der Waals surface area contributed by atoms with Gasteiger partial charge in [-0.15, -0.1) is 0 Å². The monoisotopic (exact) mass is 221 g/mol. The van der Waals surface area contributed by atoms with E-state index in [0.29, 0.717) is 5.92 Å². The molecule has 0 saturated carbocycles. The topological polar surface area (TPSA) is 32.3 Å². The molecule has 0 aromatic heterocycles. The minimum absolute atomic E-state index is 0.182. The highest BCUT2D eigenvalue weighted by molar-refractivity contribution is 5.29. The van der Waals surface area contributed by atoms with Crippen LogP contribution in [0.25, 0.3) is 0 Å². The predicted octanol–water partition coefficient (Wildman–Crippen LogP) is 2.41. The molecule has 0 aliphatic heterocycles. The second-order valence-corrected chi connectivity index (χ2v) is 4.83. The SMILES string of the molecule is Cc1ccc(CN[C@H](CO)C(C)C)cc1C. The fraction of sp³-hybridized carbons (Fsp3) is 0.571. The van der Waals surface area contributed by atoms with Crippen molar-refractivity contribution in [1.82, 2.24) is 5.32 Å². The van der Waals surface area contributed by atoms with Crippen LogP contribution >= 0.6 is 0 Å². The third kappa shape index (κ3) is 3.62. The maximum Gasteiger partial charge on any atom is 0.0587 e. The van der Waals surface area contributed by atoms with E-state index in [-0.39, 0.29) is 12.6 Å². The number of hydrogen-bond acceptors (Lipinski definition) is 2. The quantitative estimate of drug-likeness (QED) is 0.800. The van der Waals surface area contributed by atoms with Crippen LogP contribution in [-0.4, -0.2) is 17.8 Å². The predicted molar refractivity (Wildman–Crippen MR) is 68.5 cm³/mol. The average molecular weight is 221 g/mol. The van der Waals surface area contributed by atoms with Crippen LogP contribution in [0, 0.1) is 19.8 Å². The molecule has 0 amide bonds. The first-order valence-corrected chi connectivity index (χ1v) is 5.95. The number of benzene rings is 1. The summed E-state index contributed by atoms with van der Waals surface area (Å²) in [5, 5.41) is 12.6. The molecule has 1 aromatic carbocycles. The summed E-state index contributed by atoms with van der Waals surface area (Å²) in [6.45, 7) is 9.51. The highest BCUT2D eigenvalue weighted by Crippen LogP contribution is 2.10. The molecule has 2 nitrogen and oxygen atoms in total. The Kier molecular flexibility index (Phi) is 4.97. The highest BCUT2D eigenvalue weighted by atomic mass is 16.3. The number of hydrogen-bond donors (Lipinski definition) is 2. The maximum absolute atomic E-state index is 9.21. The molecule has 0 fully saturated rings. The second kappa shape index (κ2) is 6.02. The summed E-state index contributed by atoms with van der Waals surface area (Å²) in [4.78, 5) is 0. The Labute approximate surface area is 98.7 Å². The van der Waals surface area contributed by atoms with E-state index in [0.717, 1.165) is 6.54 Å². The summed E-state index contributed by atoms with van der Waals surface area (Å²) < 4.78 is 0. The van der Waals surface area contributed by atoms with Crippen LogP contribution in [0.1, 0.15) is 30.5 Å². The third-order valence-electron chi connectivity index (χ3n) is 3.14. The van der Waals surface area contributed by atoms with Crippen LogP contribution in [0.4, 0.5) is 0 Å². The fourth-order valence-corrected chi connectivity index (χ4v) is 1.67. The van der Waals surface area contributed by atoms with Gasteiger partial charge in [0.15, 0.2) is 0 Å². The molecular formula is C14H23NO. The minimum atomic E-state index is 0.182. The Morgan fingerprint density at radius 3 is 2.38 bits per heavy atom. The van der Waals surface area contributed by atoms with E-state index >= 15 is 0 Å². The molecule has 2 N–H and O–H groups in total. The van der Waals surface area contributed by atoms with Crippen LogP contribution in [0.5, 0.6) is 0 Å². The van der Waals surface area contributed by atoms with Crippen LogP contribution in [-0.2, 0) is 6.54 Å². The van der Waals surface area contributed by atoms with Crippen molar-refractivity contribution in [1.29, 1.82) is 0 Å². The lowest BCUT2D eigenvalue weighted by Crippen LogP contribution is -2.36. The van der Waals surface area contributed by atoms with Crippen molar-refractivity contribution >= 4 is 0 Å². The molecule has 0 spiro atoms. The minimum Gasteiger partial charge on any atom is -0.395 e. The largest absolute Gasteiger partial charge is 0.395 e. The summed E-state index contributed by atoms with van der Waals surface area (Å²) in [6, 6.07) is 6.68. The summed E-state index contributed by atoms with van der Waals surface area (Å²) >= 11 is 0. The van der Waals surface area contributed by atoms with Gasteiger partial charge in [0.2, 0.25) is 0 Å². The molecule has 0 aliphatic carbocycles. The van der Waals surface area contributed by atoms with Gasteiger partial charge >= 0.3 is 0 Å². The Bertz CT molecular complexity index is 334. The van der Waals surface area contributed by atoms with Gasteiger partial charge in [0.25, 0.3) is 0 Å². The van der Waals surface area contributed by atoms with Crippen molar-refractivity contribution in [3.63, 3.8) is 0 Å². The summed E-state index contributed by atoms with van der Waals surface area (Å²) in [5.41, 5.74) is 3.93. The summed E-state index contributed by atoms with van der Waals surface area (Å²) in [7, 11) is 0. The molecule has 16 heavy (non-hydrogen) atoms. The normalized spacial score (nSPS) is 13.1. The van der Waals surface area contributed by atoms with Crippen LogP contribution in [0.15, 0.2) is 18.2 Å². The zero-order valence-electron chi connectivity index (χ0n) is 10.7. The molecule has 1 rings (SSSR count). The number of aliphatic hydroxyl groups excluding tert-OH is 1. The molecule has 0 heterocycles. The van der Waals surface area contributed by atoms with E-state index < -0.39 is 0 Å². The van der Waals surface area contributed by atoms with Crippen molar-refractivity contribution in [2.24, 2.45) is 5.92 Å². The zero-order chi connectivity index (χ0) is 12.1. The van der Waals surface area contributed by atoms with Gasteiger partial charge < -0.3 is 10.4 Å². The molecule has 1 aromatic rings. The first-order chi connectivity index (χ1) is 7.54. The van der Waals surface area contributed by atoms with Gasteiger partial charge in [-0.1, -0.05) is 32.0 Å². The zero-order valence-corrected chi connectivity index (χ0v) is 10.7. The van der Waals surface area contributed by atoms with Gasteiger partial charge in [0.05, 0.1) is 6.61 Å². The number of rotatable bonds is 5. The second-order valence-electron chi connectivity index (χ2n) is 4.83. The lowest BCUT2D eigenvalue weighted by atomic mass is 10.0. The van der Waals surface area contributed by atoms with Crippen LogP contribution in [0.3, 0.4) is 0 Å². The van der Waals surface area contributed by atoms with Crippen molar-refractivity contribution in [3.8, 4) is 0 Å². The van der Waals surface area contributed by atoms with Crippen LogP contribution < -0.4 is 5.32 Å². The van der Waals surface area contributed by atoms with Crippen molar-refractivity contribution in [2.45, 2.75) is 40.3 Å². The molecule has 0 aliphatic rings. The Morgan fingerprint density at radius 2 is 1.88 bits per heavy atom. The Hall–Kier alpha value is -0.860. The van der Waals surface area contributed by atoms with Crippen molar-refractivity contribution in [3.05, 3.63) is 34.9 Å². The smallest absolute Gasteiger partial charge is 0.0587 e. The lowest BCUT2D eigenvalue weighted by molar-refractivity contribution is 0.210. The van der Waals surface area contributed by atoms with E-state index in [1.165, 1.54) is 16.7 Å². The molecule has 0 bridgehead atoms. The van der Waals surface area contributed by atoms with Crippen LogP contribution in [0.2, 0.25) is 0 Å². The van der Waals surface area contributed by atoms with Crippen molar-refractivity contribution in [2.75, 3.05) is 6.61 Å². The Morgan fingerprint density at radius 1 is 1.19 bits per heavy atom. The molecule has 90 valence electrons. The van der Waals surface area contributed by atoms with E-state index in [9.17, 15) is 5.11 Å². The molecule has 0 saturated heterocycles. The van der Waals surface area contributed by atoms with E-state index in [4.69, 9.17) is 0 Å². The van der Waals surface area contributed by atoms with Gasteiger partial charge in [0, 0.05) is 12.6 Å². The fourth-order valence-electron chi connectivity index (χ4n) is 1.67. The average Bonchev–Trinajstić information content (AvgIpc) is 2.23. The molecule has 0 radical (unpaired) electrons. The standard InChI is InChI=1S/C14H23NO/c1-10(2)14(9-16)15-8-13-6-5-11(3)12(4)7-13/h5-7,10,14-16H,8-9H2,1-4H3/t14-/m1/s1. The molecule has 1 atom stereocenters. The molecule has 2 heteroatoms. The van der Waals surface area contributed by atoms with E-state index in [1.54, 1.807) is 0 Å².